The molecule has 0 fully saturated rings. The highest BCUT2D eigenvalue weighted by Crippen LogP contribution is 2.19. The van der Waals surface area contributed by atoms with Crippen molar-refractivity contribution < 1.29 is 0 Å². The number of hydrogen-bond acceptors (Lipinski definition) is 1. The van der Waals surface area contributed by atoms with Crippen molar-refractivity contribution in [3.63, 3.8) is 0 Å². The van der Waals surface area contributed by atoms with Crippen LogP contribution in [0.1, 0.15) is 18.1 Å². The van der Waals surface area contributed by atoms with E-state index in [0.717, 1.165) is 0 Å². The first-order valence-electron chi connectivity index (χ1n) is 4.97. The molecule has 0 amide bonds. The van der Waals surface area contributed by atoms with E-state index in [-0.39, 0.29) is 0 Å². The minimum atomic E-state index is 0.427. The fourth-order valence-electron chi connectivity index (χ4n) is 1.60. The Morgan fingerprint density at radius 1 is 1.14 bits per heavy atom. The summed E-state index contributed by atoms with van der Waals surface area (Å²) in [6, 6.07) is 9.07. The normalized spacial score (nSPS) is 20.1. The van der Waals surface area contributed by atoms with Crippen molar-refractivity contribution in [1.29, 1.82) is 0 Å². The number of aryl methyl sites for hydroxylation is 1. The standard InChI is InChI=1S/C13H15N/c1-10-3-5-12(6-4-10)13-7-8-14-11(2)9-13/h3-9,11,14H,1-2H3. The summed E-state index contributed by atoms with van der Waals surface area (Å²) in [6.45, 7) is 4.26. The van der Waals surface area contributed by atoms with Crippen molar-refractivity contribution in [3.05, 3.63) is 53.7 Å². The minimum absolute atomic E-state index is 0.427. The lowest BCUT2D eigenvalue weighted by molar-refractivity contribution is 0.764. The van der Waals surface area contributed by atoms with E-state index in [1.165, 1.54) is 16.7 Å². The fraction of sp³-hybridized carbons (Fsp3) is 0.231. The van der Waals surface area contributed by atoms with Crippen LogP contribution in [0.3, 0.4) is 0 Å². The van der Waals surface area contributed by atoms with Gasteiger partial charge in [-0.05, 0) is 37.3 Å². The van der Waals surface area contributed by atoms with E-state index in [1.54, 1.807) is 0 Å². The third-order valence-corrected chi connectivity index (χ3v) is 2.44. The third kappa shape index (κ3) is 1.87. The Labute approximate surface area is 85.2 Å². The molecule has 1 aliphatic heterocycles. The van der Waals surface area contributed by atoms with Gasteiger partial charge < -0.3 is 5.32 Å². The highest BCUT2D eigenvalue weighted by Gasteiger charge is 2.04. The van der Waals surface area contributed by atoms with E-state index in [9.17, 15) is 0 Å². The average molecular weight is 185 g/mol. The van der Waals surface area contributed by atoms with E-state index in [4.69, 9.17) is 0 Å². The molecule has 0 saturated heterocycles. The summed E-state index contributed by atoms with van der Waals surface area (Å²) in [6.07, 6.45) is 6.37. The van der Waals surface area contributed by atoms with Crippen LogP contribution in [-0.2, 0) is 0 Å². The Kier molecular flexibility index (Phi) is 2.40. The molecule has 1 heterocycles. The molecule has 0 aliphatic carbocycles. The molecule has 0 aromatic heterocycles. The molecule has 1 aromatic carbocycles. The molecule has 0 bridgehead atoms. The molecule has 1 aromatic rings. The summed E-state index contributed by atoms with van der Waals surface area (Å²) >= 11 is 0. The van der Waals surface area contributed by atoms with Crippen LogP contribution in [0.15, 0.2) is 42.6 Å². The van der Waals surface area contributed by atoms with Gasteiger partial charge >= 0.3 is 0 Å². The van der Waals surface area contributed by atoms with Gasteiger partial charge in [-0.2, -0.15) is 0 Å². The van der Waals surface area contributed by atoms with Crippen LogP contribution in [-0.4, -0.2) is 6.04 Å². The molecular formula is C13H15N. The molecule has 14 heavy (non-hydrogen) atoms. The SMILES string of the molecule is Cc1ccc(C2=CC(C)NC=C2)cc1. The second-order valence-corrected chi connectivity index (χ2v) is 3.78. The molecular weight excluding hydrogens is 170 g/mol. The highest BCUT2D eigenvalue weighted by molar-refractivity contribution is 5.75. The van der Waals surface area contributed by atoms with Gasteiger partial charge in [0.1, 0.15) is 0 Å². The quantitative estimate of drug-likeness (QED) is 0.709. The average Bonchev–Trinajstić information content (AvgIpc) is 2.19. The number of allylic oxidation sites excluding steroid dienone is 2. The minimum Gasteiger partial charge on any atom is -0.385 e. The van der Waals surface area contributed by atoms with Crippen LogP contribution in [0.2, 0.25) is 0 Å². The van der Waals surface area contributed by atoms with Crippen molar-refractivity contribution in [2.24, 2.45) is 0 Å². The number of nitrogens with one attached hydrogen (secondary N) is 1. The zero-order valence-electron chi connectivity index (χ0n) is 8.62. The number of benzene rings is 1. The zero-order chi connectivity index (χ0) is 9.97. The van der Waals surface area contributed by atoms with Gasteiger partial charge in [-0.15, -0.1) is 0 Å². The Hall–Kier alpha value is -1.50. The van der Waals surface area contributed by atoms with Gasteiger partial charge in [-0.3, -0.25) is 0 Å². The van der Waals surface area contributed by atoms with E-state index < -0.39 is 0 Å². The first kappa shape index (κ1) is 9.07. The monoisotopic (exact) mass is 185 g/mol. The maximum atomic E-state index is 3.24. The van der Waals surface area contributed by atoms with Gasteiger partial charge in [0.25, 0.3) is 0 Å². The number of hydrogen-bond donors (Lipinski definition) is 1. The summed E-state index contributed by atoms with van der Waals surface area (Å²) in [5, 5.41) is 3.24. The molecule has 1 atom stereocenters. The van der Waals surface area contributed by atoms with Gasteiger partial charge in [-0.1, -0.05) is 35.9 Å². The summed E-state index contributed by atoms with van der Waals surface area (Å²) in [5.41, 5.74) is 3.90. The topological polar surface area (TPSA) is 12.0 Å². The van der Waals surface area contributed by atoms with Crippen LogP contribution in [0.5, 0.6) is 0 Å². The molecule has 2 rings (SSSR count). The van der Waals surface area contributed by atoms with Gasteiger partial charge in [0, 0.05) is 6.04 Å². The summed E-state index contributed by atoms with van der Waals surface area (Å²) in [4.78, 5) is 0. The van der Waals surface area contributed by atoms with E-state index >= 15 is 0 Å². The lowest BCUT2D eigenvalue weighted by atomic mass is 10.0. The zero-order valence-corrected chi connectivity index (χ0v) is 8.62. The van der Waals surface area contributed by atoms with Crippen molar-refractivity contribution >= 4 is 5.57 Å². The first-order valence-corrected chi connectivity index (χ1v) is 4.97. The Morgan fingerprint density at radius 2 is 1.86 bits per heavy atom. The second-order valence-electron chi connectivity index (χ2n) is 3.78. The smallest absolute Gasteiger partial charge is 0.0419 e. The molecule has 1 N–H and O–H groups in total. The molecule has 0 spiro atoms. The summed E-state index contributed by atoms with van der Waals surface area (Å²) in [7, 11) is 0. The largest absolute Gasteiger partial charge is 0.385 e. The van der Waals surface area contributed by atoms with E-state index in [0.29, 0.717) is 6.04 Å². The van der Waals surface area contributed by atoms with Crippen LogP contribution in [0.25, 0.3) is 5.57 Å². The van der Waals surface area contributed by atoms with Crippen LogP contribution >= 0.6 is 0 Å². The number of rotatable bonds is 1. The fourth-order valence-corrected chi connectivity index (χ4v) is 1.60. The molecule has 1 heteroatoms. The second kappa shape index (κ2) is 3.70. The summed E-state index contributed by atoms with van der Waals surface area (Å²) < 4.78 is 0. The maximum Gasteiger partial charge on any atom is 0.0419 e. The number of dihydropyridines is 1. The van der Waals surface area contributed by atoms with E-state index in [1.807, 2.05) is 6.20 Å². The van der Waals surface area contributed by atoms with Gasteiger partial charge in [0.15, 0.2) is 0 Å². The van der Waals surface area contributed by atoms with Gasteiger partial charge in [-0.25, -0.2) is 0 Å². The van der Waals surface area contributed by atoms with Gasteiger partial charge in [0.2, 0.25) is 0 Å². The third-order valence-electron chi connectivity index (χ3n) is 2.44. The molecule has 72 valence electrons. The Bertz CT molecular complexity index is 371. The lowest BCUT2D eigenvalue weighted by Crippen LogP contribution is -2.20. The Morgan fingerprint density at radius 3 is 2.50 bits per heavy atom. The first-order chi connectivity index (χ1) is 6.75. The van der Waals surface area contributed by atoms with E-state index in [2.05, 4.69) is 55.6 Å². The highest BCUT2D eigenvalue weighted by atomic mass is 14.9. The molecule has 0 radical (unpaired) electrons. The molecule has 1 aliphatic rings. The lowest BCUT2D eigenvalue weighted by Gasteiger charge is -2.14. The molecule has 0 saturated carbocycles. The van der Waals surface area contributed by atoms with Crippen molar-refractivity contribution in [1.82, 2.24) is 5.32 Å². The summed E-state index contributed by atoms with van der Waals surface area (Å²) in [5.74, 6) is 0. The predicted molar refractivity (Wildman–Crippen MR) is 60.9 cm³/mol. The van der Waals surface area contributed by atoms with Crippen molar-refractivity contribution in [3.8, 4) is 0 Å². The maximum absolute atomic E-state index is 3.24. The van der Waals surface area contributed by atoms with Gasteiger partial charge in [0.05, 0.1) is 0 Å². The molecule has 1 nitrogen and oxygen atoms in total. The van der Waals surface area contributed by atoms with Crippen LogP contribution < -0.4 is 5.32 Å². The van der Waals surface area contributed by atoms with Crippen LogP contribution in [0, 0.1) is 6.92 Å². The van der Waals surface area contributed by atoms with Crippen LogP contribution in [0.4, 0.5) is 0 Å². The van der Waals surface area contributed by atoms with Crippen molar-refractivity contribution in [2.45, 2.75) is 19.9 Å². The molecule has 1 unspecified atom stereocenters. The predicted octanol–water partition coefficient (Wildman–Crippen LogP) is 2.88. The van der Waals surface area contributed by atoms with Crippen molar-refractivity contribution in [2.75, 3.05) is 0 Å². The Balaban J connectivity index is 2.31.